The third kappa shape index (κ3) is 4.75. The Morgan fingerprint density at radius 3 is 2.65 bits per heavy atom. The summed E-state index contributed by atoms with van der Waals surface area (Å²) in [4.78, 5) is 2.26. The molecule has 138 valence electrons. The first-order chi connectivity index (χ1) is 12.5. The van der Waals surface area contributed by atoms with E-state index in [2.05, 4.69) is 43.3 Å². The monoisotopic (exact) mass is 351 g/mol. The summed E-state index contributed by atoms with van der Waals surface area (Å²) in [5, 5.41) is 19.3. The minimum Gasteiger partial charge on any atom is -0.508 e. The van der Waals surface area contributed by atoms with Gasteiger partial charge in [-0.15, -0.1) is 0 Å². The molecule has 0 spiro atoms. The van der Waals surface area contributed by atoms with Gasteiger partial charge in [-0.3, -0.25) is 0 Å². The Bertz CT molecular complexity index is 766. The molecular formula is C23H29NO2. The standard InChI is InChI=1S/C23H29NO2/c1-24(2)15-21-10-9-18(11-17-5-3-6-19(12-17)16-25)13-23(21)20-7-4-8-22(26)14-20/h3-8,11-12,14,21,23,25-26H,9-10,13,15-16H2,1-2H3. The van der Waals surface area contributed by atoms with Gasteiger partial charge in [0.25, 0.3) is 0 Å². The molecule has 0 bridgehead atoms. The van der Waals surface area contributed by atoms with Crippen LogP contribution >= 0.6 is 0 Å². The number of rotatable bonds is 5. The zero-order chi connectivity index (χ0) is 18.5. The van der Waals surface area contributed by atoms with Crippen molar-refractivity contribution in [2.75, 3.05) is 20.6 Å². The normalized spacial score (nSPS) is 22.1. The molecule has 3 heteroatoms. The zero-order valence-electron chi connectivity index (χ0n) is 15.7. The van der Waals surface area contributed by atoms with Crippen molar-refractivity contribution in [3.8, 4) is 5.75 Å². The molecule has 2 unspecified atom stereocenters. The van der Waals surface area contributed by atoms with Crippen LogP contribution in [0.2, 0.25) is 0 Å². The van der Waals surface area contributed by atoms with Gasteiger partial charge in [-0.25, -0.2) is 0 Å². The number of benzene rings is 2. The van der Waals surface area contributed by atoms with Crippen LogP contribution in [-0.2, 0) is 6.61 Å². The summed E-state index contributed by atoms with van der Waals surface area (Å²) in [6.45, 7) is 1.14. The molecule has 3 rings (SSSR count). The van der Waals surface area contributed by atoms with Crippen molar-refractivity contribution in [2.24, 2.45) is 5.92 Å². The molecule has 0 radical (unpaired) electrons. The van der Waals surface area contributed by atoms with Crippen LogP contribution in [0, 0.1) is 5.92 Å². The molecule has 2 N–H and O–H groups in total. The van der Waals surface area contributed by atoms with E-state index in [0.29, 0.717) is 17.6 Å². The van der Waals surface area contributed by atoms with Gasteiger partial charge in [0, 0.05) is 6.54 Å². The van der Waals surface area contributed by atoms with Gasteiger partial charge in [0.15, 0.2) is 0 Å². The molecule has 1 aliphatic rings. The molecule has 0 aliphatic heterocycles. The summed E-state index contributed by atoms with van der Waals surface area (Å²) in [6.07, 6.45) is 5.56. The third-order valence-electron chi connectivity index (χ3n) is 5.29. The molecule has 2 aromatic carbocycles. The van der Waals surface area contributed by atoms with Crippen molar-refractivity contribution in [2.45, 2.75) is 31.8 Å². The van der Waals surface area contributed by atoms with Gasteiger partial charge in [-0.1, -0.05) is 42.0 Å². The Labute approximate surface area is 156 Å². The first kappa shape index (κ1) is 18.7. The summed E-state index contributed by atoms with van der Waals surface area (Å²) in [5.74, 6) is 1.36. The highest BCUT2D eigenvalue weighted by molar-refractivity contribution is 5.54. The number of aliphatic hydroxyl groups is 1. The number of hydrogen-bond donors (Lipinski definition) is 2. The Kier molecular flexibility index (Phi) is 6.12. The molecule has 2 atom stereocenters. The van der Waals surface area contributed by atoms with Crippen LogP contribution in [0.3, 0.4) is 0 Å². The van der Waals surface area contributed by atoms with E-state index in [9.17, 15) is 10.2 Å². The maximum atomic E-state index is 9.92. The molecular weight excluding hydrogens is 322 g/mol. The highest BCUT2D eigenvalue weighted by Gasteiger charge is 2.29. The van der Waals surface area contributed by atoms with Crippen LogP contribution in [0.1, 0.15) is 41.9 Å². The number of hydrogen-bond acceptors (Lipinski definition) is 3. The average Bonchev–Trinajstić information content (AvgIpc) is 2.63. The first-order valence-electron chi connectivity index (χ1n) is 9.38. The number of aliphatic hydroxyl groups excluding tert-OH is 1. The van der Waals surface area contributed by atoms with Crippen molar-refractivity contribution < 1.29 is 10.2 Å². The molecule has 0 aromatic heterocycles. The average molecular weight is 351 g/mol. The SMILES string of the molecule is CN(C)CC1CCC(=Cc2cccc(CO)c2)CC1c1cccc(O)c1. The van der Waals surface area contributed by atoms with Crippen LogP contribution in [0.4, 0.5) is 0 Å². The van der Waals surface area contributed by atoms with Crippen molar-refractivity contribution in [3.63, 3.8) is 0 Å². The molecule has 1 fully saturated rings. The minimum atomic E-state index is 0.0772. The van der Waals surface area contributed by atoms with E-state index in [-0.39, 0.29) is 6.61 Å². The second-order valence-electron chi connectivity index (χ2n) is 7.67. The lowest BCUT2D eigenvalue weighted by molar-refractivity contribution is 0.256. The van der Waals surface area contributed by atoms with Gasteiger partial charge < -0.3 is 15.1 Å². The lowest BCUT2D eigenvalue weighted by atomic mass is 9.73. The van der Waals surface area contributed by atoms with Crippen molar-refractivity contribution in [1.29, 1.82) is 0 Å². The highest BCUT2D eigenvalue weighted by Crippen LogP contribution is 2.42. The van der Waals surface area contributed by atoms with Crippen LogP contribution in [0.15, 0.2) is 54.1 Å². The number of aromatic hydroxyl groups is 1. The molecule has 2 aromatic rings. The predicted molar refractivity (Wildman–Crippen MR) is 107 cm³/mol. The van der Waals surface area contributed by atoms with Crippen LogP contribution in [0.5, 0.6) is 5.75 Å². The zero-order valence-corrected chi connectivity index (χ0v) is 15.7. The molecule has 0 amide bonds. The maximum Gasteiger partial charge on any atom is 0.115 e. The largest absolute Gasteiger partial charge is 0.508 e. The topological polar surface area (TPSA) is 43.7 Å². The van der Waals surface area contributed by atoms with Crippen LogP contribution in [0.25, 0.3) is 6.08 Å². The van der Waals surface area contributed by atoms with Gasteiger partial charge in [-0.2, -0.15) is 0 Å². The summed E-state index contributed by atoms with van der Waals surface area (Å²) in [7, 11) is 4.26. The van der Waals surface area contributed by atoms with E-state index in [1.807, 2.05) is 24.3 Å². The second-order valence-corrected chi connectivity index (χ2v) is 7.67. The van der Waals surface area contributed by atoms with E-state index < -0.39 is 0 Å². The second kappa shape index (κ2) is 8.52. The Balaban J connectivity index is 1.86. The van der Waals surface area contributed by atoms with Gasteiger partial charge in [0.2, 0.25) is 0 Å². The quantitative estimate of drug-likeness (QED) is 0.838. The van der Waals surface area contributed by atoms with E-state index in [0.717, 1.165) is 36.9 Å². The smallest absolute Gasteiger partial charge is 0.115 e. The predicted octanol–water partition coefficient (Wildman–Crippen LogP) is 4.41. The number of phenols is 1. The number of allylic oxidation sites excluding steroid dienone is 1. The molecule has 0 saturated heterocycles. The fourth-order valence-electron chi connectivity index (χ4n) is 4.10. The Hall–Kier alpha value is -2.10. The lowest BCUT2D eigenvalue weighted by Gasteiger charge is -2.35. The van der Waals surface area contributed by atoms with Gasteiger partial charge in [-0.05, 0) is 80.1 Å². The number of phenolic OH excluding ortho intramolecular Hbond substituents is 1. The van der Waals surface area contributed by atoms with E-state index in [1.165, 1.54) is 11.1 Å². The lowest BCUT2D eigenvalue weighted by Crippen LogP contribution is -2.29. The van der Waals surface area contributed by atoms with E-state index >= 15 is 0 Å². The van der Waals surface area contributed by atoms with Crippen molar-refractivity contribution in [1.82, 2.24) is 4.90 Å². The first-order valence-corrected chi connectivity index (χ1v) is 9.38. The number of nitrogens with zero attached hydrogens (tertiary/aromatic N) is 1. The van der Waals surface area contributed by atoms with Crippen LogP contribution in [-0.4, -0.2) is 35.8 Å². The Morgan fingerprint density at radius 2 is 1.92 bits per heavy atom. The summed E-state index contributed by atoms with van der Waals surface area (Å²) >= 11 is 0. The Morgan fingerprint density at radius 1 is 1.12 bits per heavy atom. The molecule has 3 nitrogen and oxygen atoms in total. The molecule has 0 heterocycles. The highest BCUT2D eigenvalue weighted by atomic mass is 16.3. The molecule has 26 heavy (non-hydrogen) atoms. The van der Waals surface area contributed by atoms with E-state index in [1.54, 1.807) is 6.07 Å². The molecule has 1 saturated carbocycles. The maximum absolute atomic E-state index is 9.92. The van der Waals surface area contributed by atoms with Gasteiger partial charge >= 0.3 is 0 Å². The van der Waals surface area contributed by atoms with Crippen molar-refractivity contribution >= 4 is 6.08 Å². The van der Waals surface area contributed by atoms with Gasteiger partial charge in [0.05, 0.1) is 6.61 Å². The summed E-state index contributed by atoms with van der Waals surface area (Å²) < 4.78 is 0. The fourth-order valence-corrected chi connectivity index (χ4v) is 4.10. The summed E-state index contributed by atoms with van der Waals surface area (Å²) in [5.41, 5.74) is 4.78. The summed E-state index contributed by atoms with van der Waals surface area (Å²) in [6, 6.07) is 15.9. The third-order valence-corrected chi connectivity index (χ3v) is 5.29. The van der Waals surface area contributed by atoms with Gasteiger partial charge in [0.1, 0.15) is 5.75 Å². The fraction of sp³-hybridized carbons (Fsp3) is 0.391. The van der Waals surface area contributed by atoms with Crippen molar-refractivity contribution in [3.05, 3.63) is 70.8 Å². The van der Waals surface area contributed by atoms with E-state index in [4.69, 9.17) is 0 Å². The van der Waals surface area contributed by atoms with Crippen LogP contribution < -0.4 is 0 Å². The molecule has 1 aliphatic carbocycles. The minimum absolute atomic E-state index is 0.0772.